The molecule has 34 heavy (non-hydrogen) atoms. The van der Waals surface area contributed by atoms with E-state index in [9.17, 15) is 32.8 Å². The lowest BCUT2D eigenvalue weighted by molar-refractivity contribution is -0.151. The monoisotopic (exact) mass is 493 g/mol. The number of carboxylic acids is 1. The van der Waals surface area contributed by atoms with Crippen LogP contribution in [0.3, 0.4) is 0 Å². The second-order valence-electron chi connectivity index (χ2n) is 9.88. The Labute approximate surface area is 198 Å². The Morgan fingerprint density at radius 3 is 1.53 bits per heavy atom. The molecule has 0 radical (unpaired) electrons. The first-order chi connectivity index (χ1) is 15.4. The van der Waals surface area contributed by atoms with Gasteiger partial charge in [0, 0.05) is 6.42 Å². The van der Waals surface area contributed by atoms with Crippen molar-refractivity contribution in [2.24, 2.45) is 11.8 Å². The van der Waals surface area contributed by atoms with Crippen LogP contribution in [0, 0.1) is 11.8 Å². The van der Waals surface area contributed by atoms with Crippen molar-refractivity contribution in [2.45, 2.75) is 97.9 Å². The van der Waals surface area contributed by atoms with Crippen molar-refractivity contribution < 1.29 is 42.6 Å². The summed E-state index contributed by atoms with van der Waals surface area (Å²) < 4.78 is 30.8. The average Bonchev–Trinajstić information content (AvgIpc) is 2.62. The molecule has 0 saturated carbocycles. The molecule has 0 spiro atoms. The number of rotatable bonds is 13. The predicted octanol–water partition coefficient (Wildman–Crippen LogP) is 2.25. The summed E-state index contributed by atoms with van der Waals surface area (Å²) in [6.07, 6.45) is -4.77. The molecule has 0 aromatic heterocycles. The molecule has 0 aromatic rings. The fraction of sp³-hybridized carbons (Fsp3) is 0.773. The highest BCUT2D eigenvalue weighted by molar-refractivity contribution is 6.35. The van der Waals surface area contributed by atoms with E-state index in [2.05, 4.69) is 10.6 Å². The van der Waals surface area contributed by atoms with Gasteiger partial charge in [0.05, 0.1) is 0 Å². The van der Waals surface area contributed by atoms with E-state index >= 15 is 0 Å². The smallest absolute Gasteiger partial charge is 0.408 e. The number of ketones is 1. The topological polar surface area (TPSA) is 151 Å². The molecule has 0 aliphatic heterocycles. The number of alkyl carbamates (subject to hydrolysis) is 1. The van der Waals surface area contributed by atoms with Gasteiger partial charge in [-0.1, -0.05) is 27.7 Å². The van der Waals surface area contributed by atoms with Crippen molar-refractivity contribution in [1.82, 2.24) is 16.0 Å². The first-order valence-electron chi connectivity index (χ1n) is 11.1. The lowest BCUT2D eigenvalue weighted by atomic mass is 9.99. The normalized spacial score (nSPS) is 14.4. The number of carbonyl (C=O) groups excluding carboxylic acids is 4. The van der Waals surface area contributed by atoms with Gasteiger partial charge in [-0.3, -0.25) is 14.4 Å². The number of nitrogens with one attached hydrogen (secondary N) is 3. The molecule has 0 bridgehead atoms. The van der Waals surface area contributed by atoms with Gasteiger partial charge >= 0.3 is 12.1 Å². The number of carbonyl (C=O) groups is 5. The summed E-state index contributed by atoms with van der Waals surface area (Å²) in [5.74, 6) is -5.41. The van der Waals surface area contributed by atoms with E-state index < -0.39 is 66.2 Å². The summed E-state index contributed by atoms with van der Waals surface area (Å²) in [6.45, 7) is 12.1. The molecule has 0 aliphatic rings. The molecular formula is C22H37F2N3O7. The van der Waals surface area contributed by atoms with Crippen LogP contribution in [0.1, 0.15) is 67.7 Å². The van der Waals surface area contributed by atoms with Crippen LogP contribution in [-0.2, 0) is 23.9 Å². The Balaban J connectivity index is 5.64. The van der Waals surface area contributed by atoms with E-state index in [0.29, 0.717) is 0 Å². The Morgan fingerprint density at radius 2 is 1.18 bits per heavy atom. The third-order valence-corrected chi connectivity index (χ3v) is 4.31. The summed E-state index contributed by atoms with van der Waals surface area (Å²) in [5.41, 5.74) is -0.806. The minimum Gasteiger partial charge on any atom is -0.475 e. The van der Waals surface area contributed by atoms with Gasteiger partial charge in [-0.15, -0.1) is 0 Å². The Hall–Kier alpha value is -2.79. The molecule has 0 saturated heterocycles. The maximum absolute atomic E-state index is 12.9. The standard InChI is InChI=1S/C22H37F2N3O7/c1-11(2)8-14(18(29)25-13(10-16(23)24)17(28)20(31)32)26-19(30)15(9-12(3)4)27-21(33)34-22(5,6)7/h11-16H,8-10H2,1-7H3,(H,25,29)(H,26,30)(H,27,33)(H,31,32). The van der Waals surface area contributed by atoms with Gasteiger partial charge in [0.1, 0.15) is 23.7 Å². The number of ether oxygens (including phenoxy) is 1. The van der Waals surface area contributed by atoms with Gasteiger partial charge in [-0.25, -0.2) is 18.4 Å². The summed E-state index contributed by atoms with van der Waals surface area (Å²) in [4.78, 5) is 60.6. The van der Waals surface area contributed by atoms with Crippen molar-refractivity contribution in [1.29, 1.82) is 0 Å². The van der Waals surface area contributed by atoms with Crippen LogP contribution in [0.25, 0.3) is 0 Å². The van der Waals surface area contributed by atoms with Gasteiger partial charge in [-0.2, -0.15) is 0 Å². The van der Waals surface area contributed by atoms with Gasteiger partial charge in [-0.05, 0) is 45.4 Å². The first kappa shape index (κ1) is 31.2. The molecule has 10 nitrogen and oxygen atoms in total. The van der Waals surface area contributed by atoms with E-state index in [1.165, 1.54) is 0 Å². The van der Waals surface area contributed by atoms with Crippen LogP contribution >= 0.6 is 0 Å². The van der Waals surface area contributed by atoms with Gasteiger partial charge in [0.2, 0.25) is 18.2 Å². The number of carboxylic acid groups (broad SMARTS) is 1. The predicted molar refractivity (Wildman–Crippen MR) is 119 cm³/mol. The third-order valence-electron chi connectivity index (χ3n) is 4.31. The van der Waals surface area contributed by atoms with Crippen molar-refractivity contribution in [3.8, 4) is 0 Å². The molecule has 3 atom stereocenters. The zero-order chi connectivity index (χ0) is 26.8. The molecule has 0 aliphatic carbocycles. The van der Waals surface area contributed by atoms with E-state index in [1.807, 2.05) is 19.2 Å². The molecule has 3 amide bonds. The highest BCUT2D eigenvalue weighted by atomic mass is 19.3. The number of alkyl halides is 2. The van der Waals surface area contributed by atoms with Gasteiger partial charge < -0.3 is 25.8 Å². The number of hydrogen-bond acceptors (Lipinski definition) is 6. The Morgan fingerprint density at radius 1 is 0.765 bits per heavy atom. The number of Topliss-reactive ketones (excluding diaryl/α,β-unsaturated/α-hetero) is 1. The summed E-state index contributed by atoms with van der Waals surface area (Å²) in [5, 5.41) is 15.8. The minimum absolute atomic E-state index is 0.0216. The molecule has 0 fully saturated rings. The van der Waals surface area contributed by atoms with E-state index in [4.69, 9.17) is 9.84 Å². The fourth-order valence-corrected chi connectivity index (χ4v) is 2.96. The lowest BCUT2D eigenvalue weighted by Crippen LogP contribution is -2.57. The number of halogens is 2. The summed E-state index contributed by atoms with van der Waals surface area (Å²) in [7, 11) is 0. The molecule has 3 unspecified atom stereocenters. The number of amides is 3. The average molecular weight is 494 g/mol. The molecular weight excluding hydrogens is 456 g/mol. The van der Waals surface area contributed by atoms with Crippen LogP contribution in [0.2, 0.25) is 0 Å². The second kappa shape index (κ2) is 13.8. The second-order valence-corrected chi connectivity index (χ2v) is 9.88. The fourth-order valence-electron chi connectivity index (χ4n) is 2.96. The van der Waals surface area contributed by atoms with Crippen molar-refractivity contribution in [3.63, 3.8) is 0 Å². The molecule has 12 heteroatoms. The lowest BCUT2D eigenvalue weighted by Gasteiger charge is -2.27. The maximum atomic E-state index is 12.9. The Bertz CT molecular complexity index is 737. The van der Waals surface area contributed by atoms with Crippen molar-refractivity contribution in [3.05, 3.63) is 0 Å². The van der Waals surface area contributed by atoms with Crippen molar-refractivity contribution in [2.75, 3.05) is 0 Å². The van der Waals surface area contributed by atoms with E-state index in [0.717, 1.165) is 0 Å². The molecule has 0 aromatic carbocycles. The zero-order valence-electron chi connectivity index (χ0n) is 20.7. The first-order valence-corrected chi connectivity index (χ1v) is 11.1. The third kappa shape index (κ3) is 13.0. The number of hydrogen-bond donors (Lipinski definition) is 4. The largest absolute Gasteiger partial charge is 0.475 e. The highest BCUT2D eigenvalue weighted by Gasteiger charge is 2.34. The molecule has 0 heterocycles. The van der Waals surface area contributed by atoms with Crippen LogP contribution in [0.15, 0.2) is 0 Å². The maximum Gasteiger partial charge on any atom is 0.408 e. The Kier molecular flexibility index (Phi) is 12.7. The zero-order valence-corrected chi connectivity index (χ0v) is 20.7. The minimum atomic E-state index is -3.04. The van der Waals surface area contributed by atoms with Crippen LogP contribution in [0.5, 0.6) is 0 Å². The molecule has 0 rings (SSSR count). The summed E-state index contributed by atoms with van der Waals surface area (Å²) in [6, 6.07) is -4.28. The van der Waals surface area contributed by atoms with Crippen LogP contribution in [-0.4, -0.2) is 64.9 Å². The van der Waals surface area contributed by atoms with Gasteiger partial charge in [0.15, 0.2) is 0 Å². The summed E-state index contributed by atoms with van der Waals surface area (Å²) >= 11 is 0. The molecule has 4 N–H and O–H groups in total. The van der Waals surface area contributed by atoms with E-state index in [1.54, 1.807) is 34.6 Å². The quantitative estimate of drug-likeness (QED) is 0.287. The van der Waals surface area contributed by atoms with E-state index in [-0.39, 0.29) is 24.7 Å². The van der Waals surface area contributed by atoms with Crippen LogP contribution < -0.4 is 16.0 Å². The van der Waals surface area contributed by atoms with Gasteiger partial charge in [0.25, 0.3) is 5.78 Å². The van der Waals surface area contributed by atoms with Crippen LogP contribution in [0.4, 0.5) is 13.6 Å². The van der Waals surface area contributed by atoms with Crippen molar-refractivity contribution >= 4 is 29.7 Å². The SMILES string of the molecule is CC(C)CC(NC(=O)OC(C)(C)C)C(=O)NC(CC(C)C)C(=O)NC(CC(F)F)C(=O)C(=O)O. The number of aliphatic carboxylic acids is 1. The highest BCUT2D eigenvalue weighted by Crippen LogP contribution is 2.12. The molecule has 196 valence electrons.